The summed E-state index contributed by atoms with van der Waals surface area (Å²) in [4.78, 5) is 15.2. The van der Waals surface area contributed by atoms with Crippen molar-refractivity contribution in [2.45, 2.75) is 51.5 Å². The van der Waals surface area contributed by atoms with Gasteiger partial charge in [-0.2, -0.15) is 0 Å². The summed E-state index contributed by atoms with van der Waals surface area (Å²) in [7, 11) is 1.87. The number of anilines is 1. The molecular weight excluding hydrogens is 478 g/mol. The third kappa shape index (κ3) is 7.36. The number of carbonyl (C=O) groups excluding carboxylic acids is 1. The minimum atomic E-state index is 0.0801. The quantitative estimate of drug-likeness (QED) is 0.350. The first-order chi connectivity index (χ1) is 18.5. The van der Waals surface area contributed by atoms with E-state index in [0.29, 0.717) is 29.4 Å². The maximum Gasteiger partial charge on any atom is 0.224 e. The standard InChI is InChI=1S/C20H21N5O.C7H12N2O.C2H6/c21-20-16(12-18(24-25-20)15-3-1-2-4-19(15)26)17-11-14(7-10-23-17)13-5-8-22-9-6-13;1-5-6(8-2)3-4-7(10)9-5;1-2/h1-4,7,10-13,22,26H,5-6,8-9H2,(H2,21,25);6,8H,1,3-4H2,2H3,(H,9,10);1-2H3. The number of phenolic OH excluding ortho intramolecular Hbond substituents is 1. The van der Waals surface area contributed by atoms with Gasteiger partial charge in [-0.1, -0.05) is 32.6 Å². The van der Waals surface area contributed by atoms with Crippen molar-refractivity contribution >= 4 is 11.7 Å². The molecule has 2 fully saturated rings. The monoisotopic (exact) mass is 517 g/mol. The average molecular weight is 518 g/mol. The Kier molecular flexibility index (Phi) is 10.7. The summed E-state index contributed by atoms with van der Waals surface area (Å²) in [6.07, 6.45) is 5.53. The van der Waals surface area contributed by atoms with E-state index in [2.05, 4.69) is 49.8 Å². The maximum atomic E-state index is 10.7. The van der Waals surface area contributed by atoms with E-state index < -0.39 is 0 Å². The van der Waals surface area contributed by atoms with Crippen LogP contribution in [0.2, 0.25) is 0 Å². The fraction of sp³-hybridized carbons (Fsp3) is 0.379. The van der Waals surface area contributed by atoms with Crippen LogP contribution in [0.5, 0.6) is 5.75 Å². The third-order valence-corrected chi connectivity index (χ3v) is 6.60. The fourth-order valence-corrected chi connectivity index (χ4v) is 4.53. The van der Waals surface area contributed by atoms with Gasteiger partial charge in [-0.05, 0) is 81.2 Å². The Bertz CT molecular complexity index is 1230. The van der Waals surface area contributed by atoms with E-state index in [0.717, 1.165) is 49.3 Å². The number of nitrogens with two attached hydrogens (primary N) is 1. The highest BCUT2D eigenvalue weighted by Crippen LogP contribution is 2.33. The molecule has 5 rings (SSSR count). The molecule has 0 spiro atoms. The smallest absolute Gasteiger partial charge is 0.224 e. The van der Waals surface area contributed by atoms with Crippen molar-refractivity contribution < 1.29 is 9.90 Å². The molecule has 38 heavy (non-hydrogen) atoms. The van der Waals surface area contributed by atoms with Crippen molar-refractivity contribution in [1.29, 1.82) is 0 Å². The second kappa shape index (κ2) is 14.2. The van der Waals surface area contributed by atoms with Crippen molar-refractivity contribution in [3.63, 3.8) is 0 Å². The molecule has 2 aromatic heterocycles. The lowest BCUT2D eigenvalue weighted by Crippen LogP contribution is -2.41. The van der Waals surface area contributed by atoms with Crippen LogP contribution in [-0.2, 0) is 4.79 Å². The van der Waals surface area contributed by atoms with E-state index in [1.54, 1.807) is 18.2 Å². The van der Waals surface area contributed by atoms with E-state index in [1.807, 2.05) is 39.2 Å². The Labute approximate surface area is 225 Å². The number of hydrogen-bond acceptors (Lipinski definition) is 8. The Morgan fingerprint density at radius 1 is 1.03 bits per heavy atom. The van der Waals surface area contributed by atoms with Gasteiger partial charge in [0.15, 0.2) is 5.82 Å². The number of benzene rings is 1. The molecule has 1 atom stereocenters. The van der Waals surface area contributed by atoms with E-state index in [9.17, 15) is 9.90 Å². The van der Waals surface area contributed by atoms with Gasteiger partial charge in [0, 0.05) is 35.5 Å². The predicted octanol–water partition coefficient (Wildman–Crippen LogP) is 3.98. The molecule has 1 unspecified atom stereocenters. The normalized spacial score (nSPS) is 17.4. The van der Waals surface area contributed by atoms with Crippen LogP contribution in [0, 0.1) is 0 Å². The summed E-state index contributed by atoms with van der Waals surface area (Å²) in [5, 5.41) is 27.4. The molecule has 0 radical (unpaired) electrons. The maximum absolute atomic E-state index is 10.7. The number of rotatable bonds is 4. The Morgan fingerprint density at radius 3 is 2.45 bits per heavy atom. The van der Waals surface area contributed by atoms with Crippen molar-refractivity contribution in [2.75, 3.05) is 25.9 Å². The minimum Gasteiger partial charge on any atom is -0.507 e. The molecule has 6 N–H and O–H groups in total. The number of likely N-dealkylation sites (N-methyl/N-ethyl adjacent to an activating group) is 1. The zero-order valence-electron chi connectivity index (χ0n) is 22.5. The number of hydrogen-bond donors (Lipinski definition) is 5. The molecule has 1 aromatic carbocycles. The van der Waals surface area contributed by atoms with Gasteiger partial charge in [-0.25, -0.2) is 0 Å². The highest BCUT2D eigenvalue weighted by molar-refractivity contribution is 5.79. The molecule has 4 heterocycles. The summed E-state index contributed by atoms with van der Waals surface area (Å²) >= 11 is 0. The molecule has 9 heteroatoms. The van der Waals surface area contributed by atoms with Gasteiger partial charge in [0.25, 0.3) is 0 Å². The number of phenols is 1. The number of aromatic nitrogens is 3. The molecule has 0 aliphatic carbocycles. The van der Waals surface area contributed by atoms with E-state index >= 15 is 0 Å². The van der Waals surface area contributed by atoms with Crippen LogP contribution in [0.25, 0.3) is 22.5 Å². The first-order valence-electron chi connectivity index (χ1n) is 13.2. The van der Waals surface area contributed by atoms with Gasteiger partial charge in [0.2, 0.25) is 5.91 Å². The van der Waals surface area contributed by atoms with Gasteiger partial charge < -0.3 is 26.8 Å². The van der Waals surface area contributed by atoms with Crippen molar-refractivity contribution in [3.8, 4) is 28.3 Å². The number of nitrogen functional groups attached to an aromatic ring is 1. The summed E-state index contributed by atoms with van der Waals surface area (Å²) in [6.45, 7) is 9.80. The second-order valence-corrected chi connectivity index (χ2v) is 9.00. The molecule has 2 aliphatic rings. The lowest BCUT2D eigenvalue weighted by molar-refractivity contribution is -0.121. The van der Waals surface area contributed by atoms with Crippen LogP contribution in [0.3, 0.4) is 0 Å². The first kappa shape index (κ1) is 28.7. The molecule has 9 nitrogen and oxygen atoms in total. The number of pyridine rings is 1. The second-order valence-electron chi connectivity index (χ2n) is 9.00. The average Bonchev–Trinajstić information content (AvgIpc) is 2.96. The van der Waals surface area contributed by atoms with Gasteiger partial charge in [0.1, 0.15) is 5.75 Å². The first-order valence-corrected chi connectivity index (χ1v) is 13.2. The van der Waals surface area contributed by atoms with Crippen LogP contribution in [0.4, 0.5) is 5.82 Å². The Morgan fingerprint density at radius 2 is 1.76 bits per heavy atom. The number of nitrogens with one attached hydrogen (secondary N) is 3. The van der Waals surface area contributed by atoms with Crippen LogP contribution < -0.4 is 21.7 Å². The topological polar surface area (TPSA) is 138 Å². The summed E-state index contributed by atoms with van der Waals surface area (Å²) in [6, 6.07) is 13.3. The third-order valence-electron chi connectivity index (χ3n) is 6.60. The molecular formula is C29H39N7O2. The Hall–Kier alpha value is -3.82. The van der Waals surface area contributed by atoms with Gasteiger partial charge in [0.05, 0.1) is 11.4 Å². The SMILES string of the molecule is C=C1NC(=O)CCC1NC.CC.Nc1nnc(-c2ccccc2O)cc1-c1cc(C2CCNCC2)ccn1. The molecule has 0 bridgehead atoms. The predicted molar refractivity (Wildman–Crippen MR) is 152 cm³/mol. The van der Waals surface area contributed by atoms with Crippen molar-refractivity contribution in [3.05, 3.63) is 66.5 Å². The minimum absolute atomic E-state index is 0.0801. The summed E-state index contributed by atoms with van der Waals surface area (Å²) in [5.74, 6) is 1.11. The Balaban J connectivity index is 0.000000280. The zero-order valence-corrected chi connectivity index (χ0v) is 22.5. The summed E-state index contributed by atoms with van der Waals surface area (Å²) in [5.41, 5.74) is 10.9. The number of piperidine rings is 2. The number of nitrogens with zero attached hydrogens (tertiary/aromatic N) is 3. The molecule has 2 saturated heterocycles. The highest BCUT2D eigenvalue weighted by atomic mass is 16.3. The zero-order chi connectivity index (χ0) is 27.5. The highest BCUT2D eigenvalue weighted by Gasteiger charge is 2.19. The van der Waals surface area contributed by atoms with Crippen LogP contribution in [0.1, 0.15) is 51.0 Å². The summed E-state index contributed by atoms with van der Waals surface area (Å²) < 4.78 is 0. The van der Waals surface area contributed by atoms with Gasteiger partial charge in [-0.3, -0.25) is 9.78 Å². The number of aromatic hydroxyl groups is 1. The molecule has 3 aromatic rings. The van der Waals surface area contributed by atoms with Gasteiger partial charge in [-0.15, -0.1) is 10.2 Å². The van der Waals surface area contributed by atoms with E-state index in [4.69, 9.17) is 5.73 Å². The van der Waals surface area contributed by atoms with Crippen LogP contribution in [0.15, 0.2) is 60.9 Å². The van der Waals surface area contributed by atoms with Crippen LogP contribution in [-0.4, -0.2) is 52.4 Å². The number of para-hydroxylation sites is 1. The molecule has 202 valence electrons. The fourth-order valence-electron chi connectivity index (χ4n) is 4.53. The molecule has 0 saturated carbocycles. The number of amides is 1. The molecule has 1 amide bonds. The molecule has 2 aliphatic heterocycles. The lowest BCUT2D eigenvalue weighted by atomic mass is 9.90. The van der Waals surface area contributed by atoms with E-state index in [-0.39, 0.29) is 17.7 Å². The number of carbonyl (C=O) groups is 1. The van der Waals surface area contributed by atoms with E-state index in [1.165, 1.54) is 5.56 Å². The van der Waals surface area contributed by atoms with Crippen molar-refractivity contribution in [2.24, 2.45) is 0 Å². The van der Waals surface area contributed by atoms with Crippen LogP contribution >= 0.6 is 0 Å². The van der Waals surface area contributed by atoms with Crippen molar-refractivity contribution in [1.82, 2.24) is 31.1 Å². The lowest BCUT2D eigenvalue weighted by Gasteiger charge is -2.23. The van der Waals surface area contributed by atoms with Gasteiger partial charge >= 0.3 is 0 Å². The largest absolute Gasteiger partial charge is 0.507 e.